The zero-order chi connectivity index (χ0) is 15.4. The number of aromatic nitrogens is 3. The molecule has 1 N–H and O–H groups in total. The van der Waals surface area contributed by atoms with Crippen LogP contribution in [0.15, 0.2) is 48.2 Å². The van der Waals surface area contributed by atoms with Crippen molar-refractivity contribution in [3.8, 4) is 11.3 Å². The predicted octanol–water partition coefficient (Wildman–Crippen LogP) is 2.40. The van der Waals surface area contributed by atoms with Crippen LogP contribution in [-0.4, -0.2) is 20.7 Å². The second kappa shape index (κ2) is 6.53. The molecule has 112 valence electrons. The highest BCUT2D eigenvalue weighted by Gasteiger charge is 2.06. The van der Waals surface area contributed by atoms with Gasteiger partial charge in [-0.15, -0.1) is 11.3 Å². The molecule has 0 atom stereocenters. The van der Waals surface area contributed by atoms with Gasteiger partial charge >= 0.3 is 0 Å². The van der Waals surface area contributed by atoms with Gasteiger partial charge in [0, 0.05) is 36.4 Å². The fourth-order valence-electron chi connectivity index (χ4n) is 2.13. The van der Waals surface area contributed by atoms with Crippen LogP contribution in [0.4, 0.5) is 0 Å². The number of pyridine rings is 1. The molecular formula is C16H16N4OS. The summed E-state index contributed by atoms with van der Waals surface area (Å²) in [5.74, 6) is 0.0298. The molecule has 5 nitrogen and oxygen atoms in total. The molecule has 0 saturated carbocycles. The summed E-state index contributed by atoms with van der Waals surface area (Å²) < 4.78 is 1.74. The second-order valence-electron chi connectivity index (χ2n) is 4.98. The maximum absolute atomic E-state index is 11.9. The second-order valence-corrected chi connectivity index (χ2v) is 6.02. The highest BCUT2D eigenvalue weighted by atomic mass is 32.1. The van der Waals surface area contributed by atoms with Crippen molar-refractivity contribution in [2.45, 2.75) is 13.0 Å². The number of amides is 1. The highest BCUT2D eigenvalue weighted by molar-refractivity contribution is 7.10. The number of carbonyl (C=O) groups excluding carboxylic acids is 1. The van der Waals surface area contributed by atoms with E-state index >= 15 is 0 Å². The molecular weight excluding hydrogens is 296 g/mol. The minimum Gasteiger partial charge on any atom is -0.352 e. The van der Waals surface area contributed by atoms with Crippen LogP contribution in [0.1, 0.15) is 10.4 Å². The van der Waals surface area contributed by atoms with Gasteiger partial charge in [0.05, 0.1) is 18.3 Å². The molecule has 1 amide bonds. The number of rotatable bonds is 5. The number of hydrogen-bond donors (Lipinski definition) is 1. The SMILES string of the molecule is Cn1cc(-c2cc(CNC(=O)Cc3cccs3)ccn2)cn1. The lowest BCUT2D eigenvalue weighted by Crippen LogP contribution is -2.24. The quantitative estimate of drug-likeness (QED) is 0.787. The summed E-state index contributed by atoms with van der Waals surface area (Å²) in [4.78, 5) is 17.3. The van der Waals surface area contributed by atoms with E-state index in [4.69, 9.17) is 0 Å². The Labute approximate surface area is 132 Å². The molecule has 0 spiro atoms. The Morgan fingerprint density at radius 2 is 2.32 bits per heavy atom. The number of hydrogen-bond acceptors (Lipinski definition) is 4. The molecule has 0 radical (unpaired) electrons. The van der Waals surface area contributed by atoms with Gasteiger partial charge in [0.2, 0.25) is 5.91 Å². The fourth-order valence-corrected chi connectivity index (χ4v) is 2.83. The van der Waals surface area contributed by atoms with Gasteiger partial charge in [-0.1, -0.05) is 6.07 Å². The number of carbonyl (C=O) groups is 1. The summed E-state index contributed by atoms with van der Waals surface area (Å²) in [6.07, 6.45) is 5.88. The van der Waals surface area contributed by atoms with E-state index in [9.17, 15) is 4.79 Å². The highest BCUT2D eigenvalue weighted by Crippen LogP contribution is 2.16. The van der Waals surface area contributed by atoms with E-state index in [1.807, 2.05) is 42.9 Å². The maximum atomic E-state index is 11.9. The van der Waals surface area contributed by atoms with Crippen molar-refractivity contribution in [3.05, 3.63) is 58.7 Å². The van der Waals surface area contributed by atoms with E-state index < -0.39 is 0 Å². The molecule has 3 heterocycles. The van der Waals surface area contributed by atoms with Crippen LogP contribution in [0.3, 0.4) is 0 Å². The van der Waals surface area contributed by atoms with E-state index in [0.29, 0.717) is 13.0 Å². The molecule has 0 bridgehead atoms. The number of nitrogens with one attached hydrogen (secondary N) is 1. The van der Waals surface area contributed by atoms with Crippen molar-refractivity contribution in [2.24, 2.45) is 7.05 Å². The maximum Gasteiger partial charge on any atom is 0.225 e. The van der Waals surface area contributed by atoms with E-state index in [0.717, 1.165) is 21.7 Å². The lowest BCUT2D eigenvalue weighted by molar-refractivity contribution is -0.120. The molecule has 0 aliphatic rings. The molecule has 0 saturated heterocycles. The first kappa shape index (κ1) is 14.5. The monoisotopic (exact) mass is 312 g/mol. The standard InChI is InChI=1S/C16H16N4OS/c1-20-11-13(10-19-20)15-7-12(4-5-17-15)9-18-16(21)8-14-3-2-6-22-14/h2-7,10-11H,8-9H2,1H3,(H,18,21). The van der Waals surface area contributed by atoms with Crippen LogP contribution in [-0.2, 0) is 24.8 Å². The zero-order valence-corrected chi connectivity index (χ0v) is 13.0. The Kier molecular flexibility index (Phi) is 4.29. The van der Waals surface area contributed by atoms with Crippen molar-refractivity contribution in [2.75, 3.05) is 0 Å². The largest absolute Gasteiger partial charge is 0.352 e. The van der Waals surface area contributed by atoms with Crippen molar-refractivity contribution >= 4 is 17.2 Å². The molecule has 22 heavy (non-hydrogen) atoms. The summed E-state index contributed by atoms with van der Waals surface area (Å²) in [5.41, 5.74) is 2.85. The molecule has 0 aliphatic heterocycles. The normalized spacial score (nSPS) is 10.6. The van der Waals surface area contributed by atoms with Gasteiger partial charge in [-0.05, 0) is 29.1 Å². The molecule has 3 rings (SSSR count). The van der Waals surface area contributed by atoms with Gasteiger partial charge in [-0.25, -0.2) is 0 Å². The molecule has 0 unspecified atom stereocenters. The third-order valence-electron chi connectivity index (χ3n) is 3.23. The predicted molar refractivity (Wildman–Crippen MR) is 86.3 cm³/mol. The summed E-state index contributed by atoms with van der Waals surface area (Å²) in [5, 5.41) is 9.06. The molecule has 6 heteroatoms. The Balaban J connectivity index is 1.62. The van der Waals surface area contributed by atoms with Crippen LogP contribution in [0, 0.1) is 0 Å². The first-order valence-corrected chi connectivity index (χ1v) is 7.82. The lowest BCUT2D eigenvalue weighted by atomic mass is 10.1. The number of thiophene rings is 1. The summed E-state index contributed by atoms with van der Waals surface area (Å²) >= 11 is 1.59. The smallest absolute Gasteiger partial charge is 0.225 e. The van der Waals surface area contributed by atoms with Gasteiger partial charge in [0.15, 0.2) is 0 Å². The molecule has 3 aromatic rings. The lowest BCUT2D eigenvalue weighted by Gasteiger charge is -2.06. The average molecular weight is 312 g/mol. The average Bonchev–Trinajstić information content (AvgIpc) is 3.17. The van der Waals surface area contributed by atoms with Crippen LogP contribution in [0.5, 0.6) is 0 Å². The Bertz CT molecular complexity index is 764. The fraction of sp³-hybridized carbons (Fsp3) is 0.188. The van der Waals surface area contributed by atoms with Crippen molar-refractivity contribution in [3.63, 3.8) is 0 Å². The van der Waals surface area contributed by atoms with Gasteiger partial charge in [-0.3, -0.25) is 14.5 Å². The minimum absolute atomic E-state index is 0.0298. The van der Waals surface area contributed by atoms with Crippen LogP contribution in [0.2, 0.25) is 0 Å². The van der Waals surface area contributed by atoms with Gasteiger partial charge in [0.1, 0.15) is 0 Å². The Morgan fingerprint density at radius 3 is 3.05 bits per heavy atom. The number of aryl methyl sites for hydroxylation is 1. The number of nitrogens with zero attached hydrogens (tertiary/aromatic N) is 3. The Hall–Kier alpha value is -2.47. The van der Waals surface area contributed by atoms with Crippen molar-refractivity contribution in [1.29, 1.82) is 0 Å². The first-order valence-electron chi connectivity index (χ1n) is 6.94. The van der Waals surface area contributed by atoms with Crippen LogP contribution < -0.4 is 5.32 Å². The first-order chi connectivity index (χ1) is 10.7. The van der Waals surface area contributed by atoms with E-state index in [1.54, 1.807) is 28.4 Å². The summed E-state index contributed by atoms with van der Waals surface area (Å²) in [6.45, 7) is 0.500. The minimum atomic E-state index is 0.0298. The van der Waals surface area contributed by atoms with Crippen molar-refractivity contribution < 1.29 is 4.79 Å². The summed E-state index contributed by atoms with van der Waals surface area (Å²) in [6, 6.07) is 7.81. The molecule has 3 aromatic heterocycles. The van der Waals surface area contributed by atoms with E-state index in [1.165, 1.54) is 0 Å². The summed E-state index contributed by atoms with van der Waals surface area (Å²) in [7, 11) is 1.87. The molecule has 0 fully saturated rings. The topological polar surface area (TPSA) is 59.8 Å². The van der Waals surface area contributed by atoms with Crippen molar-refractivity contribution in [1.82, 2.24) is 20.1 Å². The van der Waals surface area contributed by atoms with E-state index in [2.05, 4.69) is 15.4 Å². The van der Waals surface area contributed by atoms with Crippen LogP contribution >= 0.6 is 11.3 Å². The Morgan fingerprint density at radius 1 is 1.41 bits per heavy atom. The third-order valence-corrected chi connectivity index (χ3v) is 4.11. The molecule has 0 aromatic carbocycles. The van der Waals surface area contributed by atoms with Gasteiger partial charge in [0.25, 0.3) is 0 Å². The third kappa shape index (κ3) is 3.59. The van der Waals surface area contributed by atoms with Gasteiger partial charge in [-0.2, -0.15) is 5.10 Å². The van der Waals surface area contributed by atoms with Gasteiger partial charge < -0.3 is 5.32 Å². The van der Waals surface area contributed by atoms with Crippen LogP contribution in [0.25, 0.3) is 11.3 Å². The van der Waals surface area contributed by atoms with E-state index in [-0.39, 0.29) is 5.91 Å². The zero-order valence-electron chi connectivity index (χ0n) is 12.2. The molecule has 0 aliphatic carbocycles.